The van der Waals surface area contributed by atoms with E-state index in [2.05, 4.69) is 17.3 Å². The van der Waals surface area contributed by atoms with Gasteiger partial charge >= 0.3 is 0 Å². The molecule has 100 valence electrons. The van der Waals surface area contributed by atoms with Gasteiger partial charge in [0.05, 0.1) is 0 Å². The highest BCUT2D eigenvalue weighted by atomic mass is 16.1. The zero-order chi connectivity index (χ0) is 12.7. The van der Waals surface area contributed by atoms with Gasteiger partial charge in [-0.2, -0.15) is 0 Å². The molecule has 1 fully saturated rings. The maximum atomic E-state index is 11.4. The number of hydrogen-bond acceptors (Lipinski definition) is 3. The van der Waals surface area contributed by atoms with E-state index in [1.165, 1.54) is 32.1 Å². The Kier molecular flexibility index (Phi) is 6.52. The van der Waals surface area contributed by atoms with E-state index in [-0.39, 0.29) is 11.9 Å². The Labute approximate surface area is 105 Å². The molecule has 0 spiro atoms. The Balaban J connectivity index is 2.36. The molecule has 3 N–H and O–H groups in total. The summed E-state index contributed by atoms with van der Waals surface area (Å²) in [4.78, 5) is 13.7. The molecule has 4 nitrogen and oxygen atoms in total. The topological polar surface area (TPSA) is 58.4 Å². The summed E-state index contributed by atoms with van der Waals surface area (Å²) in [6.45, 7) is 1.63. The molecule has 1 unspecified atom stereocenters. The minimum atomic E-state index is 0.0796. The summed E-state index contributed by atoms with van der Waals surface area (Å²) in [5.41, 5.74) is 5.76. The Morgan fingerprint density at radius 3 is 2.59 bits per heavy atom. The summed E-state index contributed by atoms with van der Waals surface area (Å²) in [6.07, 6.45) is 7.29. The van der Waals surface area contributed by atoms with E-state index in [0.29, 0.717) is 13.0 Å². The molecule has 0 radical (unpaired) electrons. The van der Waals surface area contributed by atoms with Crippen LogP contribution in [-0.2, 0) is 4.79 Å². The Hall–Kier alpha value is -0.610. The summed E-state index contributed by atoms with van der Waals surface area (Å²) >= 11 is 0. The summed E-state index contributed by atoms with van der Waals surface area (Å²) in [7, 11) is 3.77. The zero-order valence-corrected chi connectivity index (χ0v) is 11.2. The van der Waals surface area contributed by atoms with Gasteiger partial charge in [0.2, 0.25) is 5.91 Å². The van der Waals surface area contributed by atoms with E-state index in [0.717, 1.165) is 12.5 Å². The molecule has 0 aromatic heterocycles. The van der Waals surface area contributed by atoms with Crippen molar-refractivity contribution in [3.63, 3.8) is 0 Å². The van der Waals surface area contributed by atoms with Gasteiger partial charge in [0.1, 0.15) is 0 Å². The molecule has 0 heterocycles. The van der Waals surface area contributed by atoms with Crippen molar-refractivity contribution < 1.29 is 4.79 Å². The first-order valence-corrected chi connectivity index (χ1v) is 6.78. The maximum absolute atomic E-state index is 11.4. The van der Waals surface area contributed by atoms with Gasteiger partial charge in [-0.15, -0.1) is 0 Å². The summed E-state index contributed by atoms with van der Waals surface area (Å²) in [5.74, 6) is 0.878. The summed E-state index contributed by atoms with van der Waals surface area (Å²) in [5, 5.41) is 2.67. The van der Waals surface area contributed by atoms with Crippen LogP contribution in [0.1, 0.15) is 38.5 Å². The Morgan fingerprint density at radius 1 is 1.41 bits per heavy atom. The fourth-order valence-corrected chi connectivity index (χ4v) is 2.66. The molecule has 0 aromatic carbocycles. The van der Waals surface area contributed by atoms with Gasteiger partial charge in [-0.25, -0.2) is 0 Å². The van der Waals surface area contributed by atoms with Crippen LogP contribution in [0.4, 0.5) is 0 Å². The highest BCUT2D eigenvalue weighted by molar-refractivity contribution is 5.76. The number of nitrogens with one attached hydrogen (secondary N) is 1. The smallest absolute Gasteiger partial charge is 0.221 e. The van der Waals surface area contributed by atoms with Crippen molar-refractivity contribution in [2.24, 2.45) is 11.7 Å². The van der Waals surface area contributed by atoms with Crippen LogP contribution < -0.4 is 11.1 Å². The summed E-state index contributed by atoms with van der Waals surface area (Å²) < 4.78 is 0. The van der Waals surface area contributed by atoms with Crippen LogP contribution in [0.25, 0.3) is 0 Å². The normalized spacial score (nSPS) is 19.3. The van der Waals surface area contributed by atoms with Crippen LogP contribution in [0.15, 0.2) is 0 Å². The average Bonchev–Trinajstić information content (AvgIpc) is 2.36. The number of amides is 1. The number of likely N-dealkylation sites (N-methyl/N-ethyl adjacent to an activating group) is 1. The maximum Gasteiger partial charge on any atom is 0.221 e. The third-order valence-corrected chi connectivity index (χ3v) is 3.87. The van der Waals surface area contributed by atoms with Crippen LogP contribution >= 0.6 is 0 Å². The van der Waals surface area contributed by atoms with Crippen molar-refractivity contribution in [1.29, 1.82) is 0 Å². The van der Waals surface area contributed by atoms with Crippen LogP contribution in [0, 0.1) is 5.92 Å². The average molecular weight is 241 g/mol. The lowest BCUT2D eigenvalue weighted by molar-refractivity contribution is -0.121. The van der Waals surface area contributed by atoms with E-state index in [1.807, 2.05) is 0 Å². The van der Waals surface area contributed by atoms with Gasteiger partial charge in [0.25, 0.3) is 0 Å². The Morgan fingerprint density at radius 2 is 2.06 bits per heavy atom. The van der Waals surface area contributed by atoms with Crippen molar-refractivity contribution >= 4 is 5.91 Å². The van der Waals surface area contributed by atoms with E-state index < -0.39 is 0 Å². The molecule has 1 rings (SSSR count). The Bertz CT molecular complexity index is 227. The van der Waals surface area contributed by atoms with Gasteiger partial charge in [0, 0.05) is 32.6 Å². The molecule has 0 aliphatic heterocycles. The lowest BCUT2D eigenvalue weighted by Gasteiger charge is -2.31. The number of hydrogen-bond donors (Lipinski definition) is 2. The minimum Gasteiger partial charge on any atom is -0.359 e. The van der Waals surface area contributed by atoms with E-state index in [4.69, 9.17) is 5.73 Å². The predicted octanol–water partition coefficient (Wildman–Crippen LogP) is 0.962. The van der Waals surface area contributed by atoms with Crippen molar-refractivity contribution in [3.05, 3.63) is 0 Å². The van der Waals surface area contributed by atoms with E-state index >= 15 is 0 Å². The number of nitrogens with zero attached hydrogens (tertiary/aromatic N) is 1. The minimum absolute atomic E-state index is 0.0796. The number of nitrogens with two attached hydrogens (primary N) is 1. The van der Waals surface area contributed by atoms with Crippen LogP contribution in [0.2, 0.25) is 0 Å². The monoisotopic (exact) mass is 241 g/mol. The van der Waals surface area contributed by atoms with E-state index in [9.17, 15) is 4.79 Å². The van der Waals surface area contributed by atoms with Gasteiger partial charge in [-0.05, 0) is 25.8 Å². The zero-order valence-electron chi connectivity index (χ0n) is 11.2. The molecule has 1 saturated carbocycles. The van der Waals surface area contributed by atoms with Gasteiger partial charge in [-0.3, -0.25) is 4.79 Å². The molecule has 0 saturated heterocycles. The lowest BCUT2D eigenvalue weighted by Crippen LogP contribution is -2.43. The third kappa shape index (κ3) is 5.04. The molecule has 17 heavy (non-hydrogen) atoms. The first kappa shape index (κ1) is 14.5. The molecule has 0 aromatic rings. The van der Waals surface area contributed by atoms with Crippen LogP contribution in [0.3, 0.4) is 0 Å². The second-order valence-corrected chi connectivity index (χ2v) is 5.21. The second kappa shape index (κ2) is 7.67. The van der Waals surface area contributed by atoms with Gasteiger partial charge < -0.3 is 16.0 Å². The van der Waals surface area contributed by atoms with Gasteiger partial charge in [0.15, 0.2) is 0 Å². The number of carbonyl (C=O) groups is 1. The van der Waals surface area contributed by atoms with Crippen molar-refractivity contribution in [1.82, 2.24) is 10.2 Å². The second-order valence-electron chi connectivity index (χ2n) is 5.21. The SMILES string of the molecule is CNC(=O)CC(CN)N(C)CC1CCCCC1. The van der Waals surface area contributed by atoms with Crippen LogP contribution in [0.5, 0.6) is 0 Å². The largest absolute Gasteiger partial charge is 0.359 e. The predicted molar refractivity (Wildman–Crippen MR) is 70.7 cm³/mol. The number of carbonyl (C=O) groups excluding carboxylic acids is 1. The molecular formula is C13H27N3O. The van der Waals surface area contributed by atoms with Crippen molar-refractivity contribution in [2.45, 2.75) is 44.6 Å². The van der Waals surface area contributed by atoms with Crippen LogP contribution in [-0.4, -0.2) is 44.0 Å². The van der Waals surface area contributed by atoms with E-state index in [1.54, 1.807) is 7.05 Å². The van der Waals surface area contributed by atoms with Crippen molar-refractivity contribution in [3.8, 4) is 0 Å². The fraction of sp³-hybridized carbons (Fsp3) is 0.923. The molecular weight excluding hydrogens is 214 g/mol. The van der Waals surface area contributed by atoms with Gasteiger partial charge in [-0.1, -0.05) is 19.3 Å². The highest BCUT2D eigenvalue weighted by Crippen LogP contribution is 2.24. The highest BCUT2D eigenvalue weighted by Gasteiger charge is 2.21. The first-order chi connectivity index (χ1) is 8.17. The first-order valence-electron chi connectivity index (χ1n) is 6.78. The summed E-state index contributed by atoms with van der Waals surface area (Å²) in [6, 6.07) is 0.178. The fourth-order valence-electron chi connectivity index (χ4n) is 2.66. The quantitative estimate of drug-likeness (QED) is 0.728. The molecule has 4 heteroatoms. The van der Waals surface area contributed by atoms with Crippen molar-refractivity contribution in [2.75, 3.05) is 27.2 Å². The number of rotatable bonds is 6. The molecule has 1 aliphatic carbocycles. The molecule has 1 amide bonds. The molecule has 0 bridgehead atoms. The molecule has 1 atom stereocenters. The third-order valence-electron chi connectivity index (χ3n) is 3.87. The molecule has 1 aliphatic rings. The standard InChI is InChI=1S/C13H27N3O/c1-15-13(17)8-12(9-14)16(2)10-11-6-4-3-5-7-11/h11-12H,3-10,14H2,1-2H3,(H,15,17). The lowest BCUT2D eigenvalue weighted by atomic mass is 9.88.